The molecule has 4 heteroatoms. The van der Waals surface area contributed by atoms with E-state index in [1.807, 2.05) is 0 Å². The first-order valence-electron chi connectivity index (χ1n) is 9.04. The van der Waals surface area contributed by atoms with Crippen molar-refractivity contribution in [2.24, 2.45) is 10.9 Å². The first kappa shape index (κ1) is 15.1. The zero-order chi connectivity index (χ0) is 14.8. The van der Waals surface area contributed by atoms with E-state index < -0.39 is 0 Å². The number of guanidine groups is 1. The molecule has 0 aromatic heterocycles. The minimum Gasteiger partial charge on any atom is -0.353 e. The van der Waals surface area contributed by atoms with Gasteiger partial charge in [0.2, 0.25) is 0 Å². The normalized spacial score (nSPS) is 36.8. The molecule has 2 aliphatic carbocycles. The topological polar surface area (TPSA) is 39.7 Å². The van der Waals surface area contributed by atoms with E-state index >= 15 is 0 Å². The number of aliphatic imine (C=N–C) groups is 1. The summed E-state index contributed by atoms with van der Waals surface area (Å²) in [5.41, 5.74) is 0. The third-order valence-corrected chi connectivity index (χ3v) is 5.20. The molecular formula is C17H32N4. The molecule has 0 amide bonds. The van der Waals surface area contributed by atoms with Gasteiger partial charge in [0, 0.05) is 37.3 Å². The minimum atomic E-state index is 0.571. The maximum absolute atomic E-state index is 4.65. The van der Waals surface area contributed by atoms with Crippen LogP contribution in [-0.2, 0) is 0 Å². The van der Waals surface area contributed by atoms with Crippen LogP contribution in [0.1, 0.15) is 59.3 Å². The fourth-order valence-corrected chi connectivity index (χ4v) is 3.85. The second-order valence-electron chi connectivity index (χ2n) is 7.21. The quantitative estimate of drug-likeness (QED) is 0.583. The molecule has 4 atom stereocenters. The standard InChI is InChI=1S/C17H32N4/c1-4-6-13-10-16(13)20-17(18-5-2)19-14-9-12(3)21(11-14)15-7-8-15/h12-16H,4-11H2,1-3H3,(H2,18,19,20). The van der Waals surface area contributed by atoms with E-state index in [9.17, 15) is 0 Å². The van der Waals surface area contributed by atoms with Crippen molar-refractivity contribution in [3.8, 4) is 0 Å². The third-order valence-electron chi connectivity index (χ3n) is 5.20. The molecule has 1 heterocycles. The minimum absolute atomic E-state index is 0.571. The maximum atomic E-state index is 4.65. The van der Waals surface area contributed by atoms with Gasteiger partial charge in [0.15, 0.2) is 5.96 Å². The smallest absolute Gasteiger partial charge is 0.191 e. The summed E-state index contributed by atoms with van der Waals surface area (Å²) in [4.78, 5) is 7.34. The summed E-state index contributed by atoms with van der Waals surface area (Å²) >= 11 is 0. The SMILES string of the molecule is CCCC1CC1NC(=NCC)NC1CC(C)N(C2CC2)C1. The lowest BCUT2D eigenvalue weighted by Gasteiger charge is -2.20. The summed E-state index contributed by atoms with van der Waals surface area (Å²) in [5, 5.41) is 7.34. The average molecular weight is 292 g/mol. The predicted molar refractivity (Wildman–Crippen MR) is 88.6 cm³/mol. The molecule has 3 rings (SSSR count). The Morgan fingerprint density at radius 2 is 2.00 bits per heavy atom. The fraction of sp³-hybridized carbons (Fsp3) is 0.941. The lowest BCUT2D eigenvalue weighted by molar-refractivity contribution is 0.256. The van der Waals surface area contributed by atoms with Crippen molar-refractivity contribution < 1.29 is 0 Å². The molecule has 0 aromatic rings. The van der Waals surface area contributed by atoms with Gasteiger partial charge in [0.25, 0.3) is 0 Å². The molecule has 0 radical (unpaired) electrons. The van der Waals surface area contributed by atoms with Crippen LogP contribution in [0.4, 0.5) is 0 Å². The van der Waals surface area contributed by atoms with Gasteiger partial charge in [-0.1, -0.05) is 13.3 Å². The van der Waals surface area contributed by atoms with Crippen molar-refractivity contribution in [3.63, 3.8) is 0 Å². The van der Waals surface area contributed by atoms with Crippen LogP contribution in [-0.4, -0.2) is 48.1 Å². The average Bonchev–Trinajstić information content (AvgIpc) is 3.34. The van der Waals surface area contributed by atoms with Gasteiger partial charge >= 0.3 is 0 Å². The Bertz CT molecular complexity index is 377. The third kappa shape index (κ3) is 3.91. The lowest BCUT2D eigenvalue weighted by atomic mass is 10.2. The van der Waals surface area contributed by atoms with E-state index in [0.29, 0.717) is 12.1 Å². The van der Waals surface area contributed by atoms with Gasteiger partial charge in [0.05, 0.1) is 0 Å². The van der Waals surface area contributed by atoms with Crippen molar-refractivity contribution in [1.82, 2.24) is 15.5 Å². The fourth-order valence-electron chi connectivity index (χ4n) is 3.85. The molecule has 2 N–H and O–H groups in total. The van der Waals surface area contributed by atoms with Crippen LogP contribution in [0.2, 0.25) is 0 Å². The van der Waals surface area contributed by atoms with E-state index in [2.05, 4.69) is 41.3 Å². The highest BCUT2D eigenvalue weighted by Gasteiger charge is 2.40. The maximum Gasteiger partial charge on any atom is 0.191 e. The predicted octanol–water partition coefficient (Wildman–Crippen LogP) is 2.36. The molecular weight excluding hydrogens is 260 g/mol. The Morgan fingerprint density at radius 3 is 2.67 bits per heavy atom. The van der Waals surface area contributed by atoms with Crippen LogP contribution in [0.5, 0.6) is 0 Å². The summed E-state index contributed by atoms with van der Waals surface area (Å²) < 4.78 is 0. The van der Waals surface area contributed by atoms with Crippen LogP contribution >= 0.6 is 0 Å². The van der Waals surface area contributed by atoms with Crippen molar-refractivity contribution in [2.75, 3.05) is 13.1 Å². The Labute approximate surface area is 129 Å². The van der Waals surface area contributed by atoms with Crippen LogP contribution in [0.25, 0.3) is 0 Å². The number of likely N-dealkylation sites (tertiary alicyclic amines) is 1. The molecule has 4 nitrogen and oxygen atoms in total. The molecule has 3 fully saturated rings. The van der Waals surface area contributed by atoms with Crippen molar-refractivity contribution in [3.05, 3.63) is 0 Å². The second kappa shape index (κ2) is 6.55. The van der Waals surface area contributed by atoms with Crippen LogP contribution in [0, 0.1) is 5.92 Å². The highest BCUT2D eigenvalue weighted by atomic mass is 15.3. The number of hydrogen-bond donors (Lipinski definition) is 2. The summed E-state index contributed by atoms with van der Waals surface area (Å²) in [5.74, 6) is 1.93. The lowest BCUT2D eigenvalue weighted by Crippen LogP contribution is -2.46. The zero-order valence-corrected chi connectivity index (χ0v) is 13.9. The van der Waals surface area contributed by atoms with Gasteiger partial charge in [-0.2, -0.15) is 0 Å². The van der Waals surface area contributed by atoms with Gasteiger partial charge in [-0.05, 0) is 51.9 Å². The van der Waals surface area contributed by atoms with Crippen LogP contribution < -0.4 is 10.6 Å². The number of nitrogens with zero attached hydrogens (tertiary/aromatic N) is 2. The Morgan fingerprint density at radius 1 is 1.19 bits per heavy atom. The summed E-state index contributed by atoms with van der Waals surface area (Å²) in [6.07, 6.45) is 8.05. The van der Waals surface area contributed by atoms with E-state index in [-0.39, 0.29) is 0 Å². The van der Waals surface area contributed by atoms with Crippen LogP contribution in [0.15, 0.2) is 4.99 Å². The monoisotopic (exact) mass is 292 g/mol. The molecule has 2 saturated carbocycles. The van der Waals surface area contributed by atoms with Gasteiger partial charge in [-0.25, -0.2) is 0 Å². The van der Waals surface area contributed by atoms with Gasteiger partial charge < -0.3 is 10.6 Å². The van der Waals surface area contributed by atoms with E-state index in [1.54, 1.807) is 0 Å². The molecule has 3 aliphatic rings. The number of hydrogen-bond acceptors (Lipinski definition) is 2. The highest BCUT2D eigenvalue weighted by Crippen LogP contribution is 2.35. The number of nitrogens with one attached hydrogen (secondary N) is 2. The Hall–Kier alpha value is -0.770. The summed E-state index contributed by atoms with van der Waals surface area (Å²) in [6.45, 7) is 8.82. The van der Waals surface area contributed by atoms with E-state index in [1.165, 1.54) is 45.1 Å². The molecule has 4 unspecified atom stereocenters. The second-order valence-corrected chi connectivity index (χ2v) is 7.21. The Kier molecular flexibility index (Phi) is 4.72. The van der Waals surface area contributed by atoms with Crippen molar-refractivity contribution in [2.45, 2.75) is 83.5 Å². The molecule has 21 heavy (non-hydrogen) atoms. The molecule has 1 saturated heterocycles. The van der Waals surface area contributed by atoms with Gasteiger partial charge in [0.1, 0.15) is 0 Å². The highest BCUT2D eigenvalue weighted by molar-refractivity contribution is 5.80. The zero-order valence-electron chi connectivity index (χ0n) is 13.9. The molecule has 120 valence electrons. The largest absolute Gasteiger partial charge is 0.353 e. The first-order valence-corrected chi connectivity index (χ1v) is 9.04. The summed E-state index contributed by atoms with van der Waals surface area (Å²) in [7, 11) is 0. The van der Waals surface area contributed by atoms with Crippen molar-refractivity contribution >= 4 is 5.96 Å². The van der Waals surface area contributed by atoms with E-state index in [4.69, 9.17) is 0 Å². The van der Waals surface area contributed by atoms with E-state index in [0.717, 1.165) is 30.5 Å². The van der Waals surface area contributed by atoms with Gasteiger partial charge in [-0.3, -0.25) is 9.89 Å². The van der Waals surface area contributed by atoms with Crippen molar-refractivity contribution in [1.29, 1.82) is 0 Å². The van der Waals surface area contributed by atoms with Crippen LogP contribution in [0.3, 0.4) is 0 Å². The first-order chi connectivity index (χ1) is 10.2. The van der Waals surface area contributed by atoms with Gasteiger partial charge in [-0.15, -0.1) is 0 Å². The molecule has 0 bridgehead atoms. The molecule has 0 spiro atoms. The number of rotatable bonds is 6. The summed E-state index contributed by atoms with van der Waals surface area (Å²) in [6, 6.07) is 2.85. The molecule has 0 aromatic carbocycles. The Balaban J connectivity index is 1.48. The molecule has 1 aliphatic heterocycles.